The predicted molar refractivity (Wildman–Crippen MR) is 77.7 cm³/mol. The van der Waals surface area contributed by atoms with Crippen LogP contribution in [0.4, 0.5) is 0 Å². The number of rotatable bonds is 5. The fourth-order valence-corrected chi connectivity index (χ4v) is 2.00. The van der Waals surface area contributed by atoms with Crippen LogP contribution in [0.15, 0.2) is 42.5 Å². The van der Waals surface area contributed by atoms with Gasteiger partial charge in [0.25, 0.3) is 0 Å². The molecule has 2 aromatic carbocycles. The summed E-state index contributed by atoms with van der Waals surface area (Å²) >= 11 is 0. The van der Waals surface area contributed by atoms with Crippen molar-refractivity contribution >= 4 is 0 Å². The van der Waals surface area contributed by atoms with Gasteiger partial charge in [0, 0.05) is 6.54 Å². The molecule has 0 saturated carbocycles. The summed E-state index contributed by atoms with van der Waals surface area (Å²) in [5.74, 6) is 1.75. The maximum Gasteiger partial charge on any atom is 0.121 e. The molecule has 100 valence electrons. The lowest BCUT2D eigenvalue weighted by molar-refractivity contribution is 0.328. The minimum absolute atomic E-state index is 0.520. The van der Waals surface area contributed by atoms with Gasteiger partial charge in [0.2, 0.25) is 0 Å². The normalized spacial score (nSPS) is 10.3. The Balaban J connectivity index is 2.28. The van der Waals surface area contributed by atoms with Crippen molar-refractivity contribution in [2.45, 2.75) is 6.92 Å². The first-order valence-corrected chi connectivity index (χ1v) is 6.32. The fourth-order valence-electron chi connectivity index (χ4n) is 2.00. The first-order chi connectivity index (χ1) is 9.24. The summed E-state index contributed by atoms with van der Waals surface area (Å²) in [5.41, 5.74) is 8.83. The SMILES string of the molecule is COc1ccc(-c2cccc(OCCN)c2)cc1C. The van der Waals surface area contributed by atoms with Gasteiger partial charge in [-0.1, -0.05) is 18.2 Å². The van der Waals surface area contributed by atoms with Gasteiger partial charge < -0.3 is 15.2 Å². The highest BCUT2D eigenvalue weighted by Gasteiger charge is 2.03. The average molecular weight is 257 g/mol. The van der Waals surface area contributed by atoms with Crippen molar-refractivity contribution in [1.29, 1.82) is 0 Å². The van der Waals surface area contributed by atoms with Crippen molar-refractivity contribution in [3.63, 3.8) is 0 Å². The molecule has 3 nitrogen and oxygen atoms in total. The zero-order chi connectivity index (χ0) is 13.7. The Morgan fingerprint density at radius 1 is 1.05 bits per heavy atom. The van der Waals surface area contributed by atoms with Gasteiger partial charge in [0.15, 0.2) is 0 Å². The number of hydrogen-bond donors (Lipinski definition) is 1. The molecule has 0 heterocycles. The first kappa shape index (κ1) is 13.4. The van der Waals surface area contributed by atoms with Gasteiger partial charge in [-0.05, 0) is 47.9 Å². The van der Waals surface area contributed by atoms with E-state index in [1.165, 1.54) is 0 Å². The van der Waals surface area contributed by atoms with Gasteiger partial charge in [-0.2, -0.15) is 0 Å². The standard InChI is InChI=1S/C16H19NO2/c1-12-10-14(6-7-16(12)18-2)13-4-3-5-15(11-13)19-9-8-17/h3-7,10-11H,8-9,17H2,1-2H3. The molecule has 0 bridgehead atoms. The number of hydrogen-bond acceptors (Lipinski definition) is 3. The summed E-state index contributed by atoms with van der Waals surface area (Å²) in [5, 5.41) is 0. The Bertz CT molecular complexity index is 552. The molecule has 2 rings (SSSR count). The molecule has 0 aromatic heterocycles. The molecule has 0 atom stereocenters. The smallest absolute Gasteiger partial charge is 0.121 e. The third kappa shape index (κ3) is 3.26. The van der Waals surface area contributed by atoms with Gasteiger partial charge >= 0.3 is 0 Å². The van der Waals surface area contributed by atoms with Crippen LogP contribution in [0.1, 0.15) is 5.56 Å². The molecule has 0 fully saturated rings. The van der Waals surface area contributed by atoms with Gasteiger partial charge in [-0.15, -0.1) is 0 Å². The molecule has 19 heavy (non-hydrogen) atoms. The highest BCUT2D eigenvalue weighted by Crippen LogP contribution is 2.28. The summed E-state index contributed by atoms with van der Waals surface area (Å²) in [6.07, 6.45) is 0. The Morgan fingerprint density at radius 2 is 1.84 bits per heavy atom. The number of ether oxygens (including phenoxy) is 2. The minimum Gasteiger partial charge on any atom is -0.496 e. The second-order valence-electron chi connectivity index (χ2n) is 4.35. The molecular formula is C16H19NO2. The second kappa shape index (κ2) is 6.25. The zero-order valence-electron chi connectivity index (χ0n) is 11.3. The van der Waals surface area contributed by atoms with E-state index >= 15 is 0 Å². The number of benzene rings is 2. The summed E-state index contributed by atoms with van der Waals surface area (Å²) in [6.45, 7) is 3.09. The van der Waals surface area contributed by atoms with E-state index in [9.17, 15) is 0 Å². The number of aryl methyl sites for hydroxylation is 1. The molecule has 0 spiro atoms. The maximum absolute atomic E-state index is 5.54. The van der Waals surface area contributed by atoms with E-state index in [-0.39, 0.29) is 0 Å². The molecular weight excluding hydrogens is 238 g/mol. The molecule has 0 unspecified atom stereocenters. The van der Waals surface area contributed by atoms with Crippen molar-refractivity contribution in [2.24, 2.45) is 5.73 Å². The first-order valence-electron chi connectivity index (χ1n) is 6.32. The van der Waals surface area contributed by atoms with E-state index in [2.05, 4.69) is 12.1 Å². The molecule has 0 aliphatic carbocycles. The van der Waals surface area contributed by atoms with Crippen molar-refractivity contribution in [1.82, 2.24) is 0 Å². The van der Waals surface area contributed by atoms with Crippen LogP contribution >= 0.6 is 0 Å². The highest BCUT2D eigenvalue weighted by atomic mass is 16.5. The number of methoxy groups -OCH3 is 1. The maximum atomic E-state index is 5.54. The van der Waals surface area contributed by atoms with Crippen LogP contribution in [0.3, 0.4) is 0 Å². The molecule has 2 N–H and O–H groups in total. The van der Waals surface area contributed by atoms with E-state index in [0.29, 0.717) is 13.2 Å². The van der Waals surface area contributed by atoms with E-state index in [1.54, 1.807) is 7.11 Å². The Labute approximate surface area is 114 Å². The summed E-state index contributed by atoms with van der Waals surface area (Å²) < 4.78 is 10.8. The van der Waals surface area contributed by atoms with E-state index in [0.717, 1.165) is 28.2 Å². The van der Waals surface area contributed by atoms with Gasteiger partial charge in [-0.25, -0.2) is 0 Å². The van der Waals surface area contributed by atoms with Gasteiger partial charge in [0.1, 0.15) is 18.1 Å². The Hall–Kier alpha value is -2.00. The predicted octanol–water partition coefficient (Wildman–Crippen LogP) is 3.01. The van der Waals surface area contributed by atoms with Crippen LogP contribution in [0, 0.1) is 6.92 Å². The quantitative estimate of drug-likeness (QED) is 0.895. The highest BCUT2D eigenvalue weighted by molar-refractivity contribution is 5.67. The molecule has 0 saturated heterocycles. The molecule has 0 amide bonds. The summed E-state index contributed by atoms with van der Waals surface area (Å²) in [6, 6.07) is 14.2. The van der Waals surface area contributed by atoms with Crippen LogP contribution in [-0.4, -0.2) is 20.3 Å². The van der Waals surface area contributed by atoms with Gasteiger partial charge in [0.05, 0.1) is 7.11 Å². The van der Waals surface area contributed by atoms with E-state index in [1.807, 2.05) is 37.3 Å². The molecule has 3 heteroatoms. The lowest BCUT2D eigenvalue weighted by Gasteiger charge is -2.09. The topological polar surface area (TPSA) is 44.5 Å². The van der Waals surface area contributed by atoms with Crippen LogP contribution in [-0.2, 0) is 0 Å². The monoisotopic (exact) mass is 257 g/mol. The fraction of sp³-hybridized carbons (Fsp3) is 0.250. The van der Waals surface area contributed by atoms with Crippen molar-refractivity contribution in [3.8, 4) is 22.6 Å². The minimum atomic E-state index is 0.520. The Morgan fingerprint density at radius 3 is 2.53 bits per heavy atom. The van der Waals surface area contributed by atoms with Crippen molar-refractivity contribution in [3.05, 3.63) is 48.0 Å². The van der Waals surface area contributed by atoms with Crippen LogP contribution < -0.4 is 15.2 Å². The van der Waals surface area contributed by atoms with E-state index in [4.69, 9.17) is 15.2 Å². The van der Waals surface area contributed by atoms with Crippen LogP contribution in [0.2, 0.25) is 0 Å². The van der Waals surface area contributed by atoms with Crippen LogP contribution in [0.5, 0.6) is 11.5 Å². The second-order valence-corrected chi connectivity index (χ2v) is 4.35. The molecule has 0 radical (unpaired) electrons. The van der Waals surface area contributed by atoms with Crippen molar-refractivity contribution in [2.75, 3.05) is 20.3 Å². The van der Waals surface area contributed by atoms with Crippen LogP contribution in [0.25, 0.3) is 11.1 Å². The zero-order valence-corrected chi connectivity index (χ0v) is 11.3. The molecule has 0 aliphatic heterocycles. The third-order valence-corrected chi connectivity index (χ3v) is 2.95. The summed E-state index contributed by atoms with van der Waals surface area (Å²) in [4.78, 5) is 0. The van der Waals surface area contributed by atoms with E-state index < -0.39 is 0 Å². The summed E-state index contributed by atoms with van der Waals surface area (Å²) in [7, 11) is 1.68. The largest absolute Gasteiger partial charge is 0.496 e. The average Bonchev–Trinajstić information content (AvgIpc) is 2.45. The molecule has 2 aromatic rings. The number of nitrogens with two attached hydrogens (primary N) is 1. The third-order valence-electron chi connectivity index (χ3n) is 2.95. The van der Waals surface area contributed by atoms with Crippen molar-refractivity contribution < 1.29 is 9.47 Å². The lowest BCUT2D eigenvalue weighted by atomic mass is 10.0. The Kier molecular flexibility index (Phi) is 4.42. The lowest BCUT2D eigenvalue weighted by Crippen LogP contribution is -2.10. The molecule has 0 aliphatic rings. The van der Waals surface area contributed by atoms with Gasteiger partial charge in [-0.3, -0.25) is 0 Å².